The van der Waals surface area contributed by atoms with Gasteiger partial charge in [-0.15, -0.1) is 5.56 Å². The molecule has 1 aliphatic heterocycles. The predicted octanol–water partition coefficient (Wildman–Crippen LogP) is 2.51. The molecule has 0 unspecified atom stereocenters. The van der Waals surface area contributed by atoms with Crippen molar-refractivity contribution in [3.05, 3.63) is 60.2 Å². The third-order valence-electron chi connectivity index (χ3n) is 2.24. The van der Waals surface area contributed by atoms with Gasteiger partial charge in [0, 0.05) is 12.3 Å². The normalized spacial score (nSPS) is 12.9. The van der Waals surface area contributed by atoms with E-state index in [4.69, 9.17) is 0 Å². The van der Waals surface area contributed by atoms with Gasteiger partial charge in [-0.2, -0.15) is 35.4 Å². The standard InChI is InChI=1S/C8H9N2.C5H5.Fe/c1-2-4-7(3-1)8-5-6-9-10-8;1-2-4-5-3-1;/h1-4,9H,5-6H2;1-5H;/q2*-1;+2. The summed E-state index contributed by atoms with van der Waals surface area (Å²) in [6, 6.07) is 18.3. The molecule has 2 aromatic carbocycles. The first kappa shape index (κ1) is 12.8. The van der Waals surface area contributed by atoms with E-state index >= 15 is 0 Å². The average Bonchev–Trinajstić information content (AvgIpc) is 3.06. The Morgan fingerprint density at radius 1 is 1.12 bits per heavy atom. The van der Waals surface area contributed by atoms with Crippen LogP contribution >= 0.6 is 0 Å². The molecule has 1 N–H and O–H groups in total. The van der Waals surface area contributed by atoms with Gasteiger partial charge in [-0.3, -0.25) is 0 Å². The second-order valence-electron chi connectivity index (χ2n) is 3.35. The molecule has 0 spiro atoms. The van der Waals surface area contributed by atoms with Crippen molar-refractivity contribution < 1.29 is 17.1 Å². The Morgan fingerprint density at radius 2 is 1.81 bits per heavy atom. The number of nitrogens with zero attached hydrogens (tertiary/aromatic N) is 1. The van der Waals surface area contributed by atoms with Gasteiger partial charge in [-0.05, 0) is 6.42 Å². The van der Waals surface area contributed by atoms with Crippen LogP contribution < -0.4 is 5.43 Å². The monoisotopic (exact) mass is 254 g/mol. The van der Waals surface area contributed by atoms with Gasteiger partial charge in [0.25, 0.3) is 0 Å². The maximum absolute atomic E-state index is 4.14. The van der Waals surface area contributed by atoms with Crippen molar-refractivity contribution >= 4 is 5.71 Å². The molecule has 1 heterocycles. The van der Waals surface area contributed by atoms with Gasteiger partial charge in [0.2, 0.25) is 0 Å². The Bertz CT molecular complexity index is 370. The second kappa shape index (κ2) is 7.04. The van der Waals surface area contributed by atoms with Gasteiger partial charge in [-0.1, -0.05) is 0 Å². The molecule has 3 rings (SSSR count). The van der Waals surface area contributed by atoms with Gasteiger partial charge in [-0.25, -0.2) is 24.3 Å². The Morgan fingerprint density at radius 3 is 2.25 bits per heavy atom. The molecule has 0 aliphatic carbocycles. The molecular weight excluding hydrogens is 240 g/mol. The summed E-state index contributed by atoms with van der Waals surface area (Å²) >= 11 is 0. The molecule has 0 bridgehead atoms. The summed E-state index contributed by atoms with van der Waals surface area (Å²) in [7, 11) is 0. The molecule has 2 aromatic rings. The van der Waals surface area contributed by atoms with E-state index in [1.807, 2.05) is 42.5 Å². The van der Waals surface area contributed by atoms with Gasteiger partial charge < -0.3 is 5.43 Å². The van der Waals surface area contributed by atoms with Crippen molar-refractivity contribution in [3.63, 3.8) is 0 Å². The van der Waals surface area contributed by atoms with Crippen LogP contribution in [-0.4, -0.2) is 12.3 Å². The van der Waals surface area contributed by atoms with E-state index in [1.165, 1.54) is 11.3 Å². The zero-order valence-corrected chi connectivity index (χ0v) is 10.0. The Hall–Kier alpha value is -1.31. The number of nitrogens with one attached hydrogen (secondary N) is 1. The van der Waals surface area contributed by atoms with Crippen molar-refractivity contribution in [1.82, 2.24) is 5.43 Å². The Labute approximate surface area is 107 Å². The summed E-state index contributed by atoms with van der Waals surface area (Å²) in [4.78, 5) is 0. The van der Waals surface area contributed by atoms with Gasteiger partial charge >= 0.3 is 17.1 Å². The molecule has 0 fully saturated rings. The molecule has 3 heteroatoms. The van der Waals surface area contributed by atoms with Crippen LogP contribution in [0.5, 0.6) is 0 Å². The van der Waals surface area contributed by atoms with Crippen molar-refractivity contribution in [2.75, 3.05) is 6.54 Å². The molecular formula is C13H14FeN2. The van der Waals surface area contributed by atoms with Crippen LogP contribution in [0.25, 0.3) is 0 Å². The minimum absolute atomic E-state index is 0. The number of hydrazone groups is 1. The minimum atomic E-state index is 0. The van der Waals surface area contributed by atoms with Crippen molar-refractivity contribution in [3.8, 4) is 0 Å². The zero-order chi connectivity index (χ0) is 10.3. The molecule has 0 radical (unpaired) electrons. The van der Waals surface area contributed by atoms with Gasteiger partial charge in [0.05, 0.1) is 0 Å². The van der Waals surface area contributed by atoms with Gasteiger partial charge in [0.15, 0.2) is 0 Å². The van der Waals surface area contributed by atoms with E-state index in [9.17, 15) is 0 Å². The zero-order valence-electron chi connectivity index (χ0n) is 8.91. The smallest absolute Gasteiger partial charge is 0.310 e. The van der Waals surface area contributed by atoms with E-state index in [1.54, 1.807) is 0 Å². The molecule has 0 saturated carbocycles. The maximum Gasteiger partial charge on any atom is 2.00 e. The summed E-state index contributed by atoms with van der Waals surface area (Å²) in [6.07, 6.45) is 1.06. The Kier molecular flexibility index (Phi) is 5.62. The summed E-state index contributed by atoms with van der Waals surface area (Å²) in [5, 5.41) is 4.14. The molecule has 0 aromatic heterocycles. The fraction of sp³-hybridized carbons (Fsp3) is 0.154. The van der Waals surface area contributed by atoms with Crippen LogP contribution in [0, 0.1) is 0 Å². The van der Waals surface area contributed by atoms with E-state index in [0.717, 1.165) is 13.0 Å². The second-order valence-corrected chi connectivity index (χ2v) is 3.35. The number of hydrogen-bond acceptors (Lipinski definition) is 2. The third kappa shape index (κ3) is 3.69. The minimum Gasteiger partial charge on any atom is -0.310 e. The number of hydrogen-bond donors (Lipinski definition) is 1. The van der Waals surface area contributed by atoms with Crippen LogP contribution in [-0.2, 0) is 17.1 Å². The molecule has 84 valence electrons. The third-order valence-corrected chi connectivity index (χ3v) is 2.24. The predicted molar refractivity (Wildman–Crippen MR) is 63.2 cm³/mol. The summed E-state index contributed by atoms with van der Waals surface area (Å²) in [5.74, 6) is 0. The van der Waals surface area contributed by atoms with E-state index in [2.05, 4.69) is 22.7 Å². The average molecular weight is 254 g/mol. The van der Waals surface area contributed by atoms with Crippen molar-refractivity contribution in [2.24, 2.45) is 5.10 Å². The molecule has 0 amide bonds. The summed E-state index contributed by atoms with van der Waals surface area (Å²) < 4.78 is 0. The summed E-state index contributed by atoms with van der Waals surface area (Å²) in [5.41, 5.74) is 5.39. The SMILES string of the molecule is [Fe+2].c1cc[c-](C2=NNCC2)c1.c1cc[cH-]c1. The van der Waals surface area contributed by atoms with E-state index in [0.29, 0.717) is 0 Å². The Balaban J connectivity index is 0.000000183. The van der Waals surface area contributed by atoms with E-state index < -0.39 is 0 Å². The molecule has 1 aliphatic rings. The molecule has 0 saturated heterocycles. The fourth-order valence-electron chi connectivity index (χ4n) is 1.48. The molecule has 0 atom stereocenters. The largest absolute Gasteiger partial charge is 2.00 e. The quantitative estimate of drug-likeness (QED) is 0.613. The van der Waals surface area contributed by atoms with Crippen LogP contribution in [0.1, 0.15) is 12.0 Å². The van der Waals surface area contributed by atoms with Crippen molar-refractivity contribution in [1.29, 1.82) is 0 Å². The first-order chi connectivity index (χ1) is 7.47. The molecule has 16 heavy (non-hydrogen) atoms. The van der Waals surface area contributed by atoms with Crippen LogP contribution in [0.2, 0.25) is 0 Å². The van der Waals surface area contributed by atoms with Crippen molar-refractivity contribution in [2.45, 2.75) is 6.42 Å². The van der Waals surface area contributed by atoms with Crippen LogP contribution in [0.15, 0.2) is 59.7 Å². The maximum atomic E-state index is 4.14. The molecule has 2 nitrogen and oxygen atoms in total. The fourth-order valence-corrected chi connectivity index (χ4v) is 1.48. The number of rotatable bonds is 1. The van der Waals surface area contributed by atoms with Gasteiger partial charge in [0.1, 0.15) is 0 Å². The van der Waals surface area contributed by atoms with Crippen LogP contribution in [0.3, 0.4) is 0 Å². The summed E-state index contributed by atoms with van der Waals surface area (Å²) in [6.45, 7) is 0.987. The van der Waals surface area contributed by atoms with E-state index in [-0.39, 0.29) is 17.1 Å². The van der Waals surface area contributed by atoms with Crippen LogP contribution in [0.4, 0.5) is 0 Å². The first-order valence-corrected chi connectivity index (χ1v) is 5.15. The topological polar surface area (TPSA) is 24.4 Å². The first-order valence-electron chi connectivity index (χ1n) is 5.15.